The van der Waals surface area contributed by atoms with Gasteiger partial charge in [0.2, 0.25) is 0 Å². The van der Waals surface area contributed by atoms with Gasteiger partial charge in [0.15, 0.2) is 6.10 Å². The second kappa shape index (κ2) is 50.3. The van der Waals surface area contributed by atoms with Crippen molar-refractivity contribution >= 4 is 17.9 Å². The van der Waals surface area contributed by atoms with Crippen LogP contribution in [0.15, 0.2) is 36.5 Å². The van der Waals surface area contributed by atoms with Gasteiger partial charge in [0, 0.05) is 19.3 Å². The van der Waals surface area contributed by atoms with Crippen molar-refractivity contribution in [1.82, 2.24) is 0 Å². The van der Waals surface area contributed by atoms with E-state index in [1.165, 1.54) is 161 Å². The first-order valence-corrected chi connectivity index (χ1v) is 26.5. The second-order valence-corrected chi connectivity index (χ2v) is 17.8. The molecule has 0 aromatic carbocycles. The molecule has 6 nitrogen and oxygen atoms in total. The highest BCUT2D eigenvalue weighted by atomic mass is 16.6. The molecule has 0 amide bonds. The zero-order valence-corrected chi connectivity index (χ0v) is 40.7. The molecule has 0 spiro atoms. The maximum atomic E-state index is 12.8. The summed E-state index contributed by atoms with van der Waals surface area (Å²) in [5.41, 5.74) is 0. The first kappa shape index (κ1) is 58.6. The fourth-order valence-corrected chi connectivity index (χ4v) is 7.59. The van der Waals surface area contributed by atoms with Crippen LogP contribution in [-0.4, -0.2) is 37.2 Å². The number of hydrogen-bond donors (Lipinski definition) is 0. The molecule has 0 aliphatic heterocycles. The van der Waals surface area contributed by atoms with E-state index in [1.54, 1.807) is 0 Å². The first-order chi connectivity index (χ1) is 30.0. The lowest BCUT2D eigenvalue weighted by Crippen LogP contribution is -2.30. The highest BCUT2D eigenvalue weighted by molar-refractivity contribution is 5.71. The Morgan fingerprint density at radius 1 is 0.328 bits per heavy atom. The lowest BCUT2D eigenvalue weighted by Gasteiger charge is -2.18. The molecule has 61 heavy (non-hydrogen) atoms. The summed E-state index contributed by atoms with van der Waals surface area (Å²) in [6.45, 7) is 6.60. The summed E-state index contributed by atoms with van der Waals surface area (Å²) in [5.74, 6) is -0.877. The van der Waals surface area contributed by atoms with Gasteiger partial charge < -0.3 is 14.2 Å². The van der Waals surface area contributed by atoms with Crippen LogP contribution >= 0.6 is 0 Å². The van der Waals surface area contributed by atoms with E-state index in [1.807, 2.05) is 0 Å². The van der Waals surface area contributed by atoms with Gasteiger partial charge in [-0.05, 0) is 77.0 Å². The minimum absolute atomic E-state index is 0.0738. The van der Waals surface area contributed by atoms with Crippen LogP contribution in [0, 0.1) is 0 Å². The number of esters is 3. The van der Waals surface area contributed by atoms with E-state index in [4.69, 9.17) is 14.2 Å². The average Bonchev–Trinajstić information content (AvgIpc) is 3.26. The molecule has 1 unspecified atom stereocenters. The normalized spacial score (nSPS) is 12.2. The summed E-state index contributed by atoms with van der Waals surface area (Å²) in [6, 6.07) is 0. The van der Waals surface area contributed by atoms with Crippen molar-refractivity contribution in [2.75, 3.05) is 13.2 Å². The first-order valence-electron chi connectivity index (χ1n) is 26.5. The van der Waals surface area contributed by atoms with Gasteiger partial charge in [-0.3, -0.25) is 14.4 Å². The predicted molar refractivity (Wildman–Crippen MR) is 261 cm³/mol. The van der Waals surface area contributed by atoms with Gasteiger partial charge in [0.05, 0.1) is 0 Å². The van der Waals surface area contributed by atoms with Crippen molar-refractivity contribution in [1.29, 1.82) is 0 Å². The molecule has 0 saturated carbocycles. The Morgan fingerprint density at radius 3 is 0.951 bits per heavy atom. The molecule has 0 bridgehead atoms. The van der Waals surface area contributed by atoms with Gasteiger partial charge >= 0.3 is 17.9 Å². The fraction of sp³-hybridized carbons (Fsp3) is 0.836. The molecular weight excluding hydrogens is 757 g/mol. The van der Waals surface area contributed by atoms with E-state index in [2.05, 4.69) is 57.2 Å². The third kappa shape index (κ3) is 48.5. The molecule has 0 radical (unpaired) electrons. The highest BCUT2D eigenvalue weighted by Crippen LogP contribution is 2.15. The topological polar surface area (TPSA) is 78.9 Å². The second-order valence-electron chi connectivity index (χ2n) is 17.8. The van der Waals surface area contributed by atoms with E-state index < -0.39 is 6.10 Å². The number of ether oxygens (including phenoxy) is 3. The van der Waals surface area contributed by atoms with Crippen LogP contribution in [-0.2, 0) is 28.6 Å². The summed E-state index contributed by atoms with van der Waals surface area (Å²) in [4.78, 5) is 37.9. The Bertz CT molecular complexity index is 1030. The Hall–Kier alpha value is -2.37. The molecule has 0 heterocycles. The van der Waals surface area contributed by atoms with Crippen molar-refractivity contribution in [3.05, 3.63) is 36.5 Å². The van der Waals surface area contributed by atoms with Crippen LogP contribution in [0.1, 0.15) is 278 Å². The lowest BCUT2D eigenvalue weighted by atomic mass is 10.0. The molecule has 0 N–H and O–H groups in total. The quantitative estimate of drug-likeness (QED) is 0.0262. The highest BCUT2D eigenvalue weighted by Gasteiger charge is 2.19. The number of unbranched alkanes of at least 4 members (excludes halogenated alkanes) is 31. The number of rotatable bonds is 48. The van der Waals surface area contributed by atoms with Gasteiger partial charge in [0.1, 0.15) is 13.2 Å². The van der Waals surface area contributed by atoms with Gasteiger partial charge in [0.25, 0.3) is 0 Å². The van der Waals surface area contributed by atoms with E-state index in [0.717, 1.165) is 77.0 Å². The molecule has 1 atom stereocenters. The summed E-state index contributed by atoms with van der Waals surface area (Å²) in [7, 11) is 0. The third-order valence-electron chi connectivity index (χ3n) is 11.6. The average molecular weight is 857 g/mol. The number of allylic oxidation sites excluding steroid dienone is 6. The van der Waals surface area contributed by atoms with Crippen molar-refractivity contribution < 1.29 is 28.6 Å². The van der Waals surface area contributed by atoms with E-state index in [9.17, 15) is 14.4 Å². The molecule has 356 valence electrons. The number of hydrogen-bond acceptors (Lipinski definition) is 6. The van der Waals surface area contributed by atoms with Crippen LogP contribution in [0.5, 0.6) is 0 Å². The molecule has 0 aliphatic carbocycles. The zero-order valence-electron chi connectivity index (χ0n) is 40.7. The molecule has 0 aromatic rings. The van der Waals surface area contributed by atoms with Crippen LogP contribution in [0.4, 0.5) is 0 Å². The van der Waals surface area contributed by atoms with Crippen LogP contribution in [0.3, 0.4) is 0 Å². The van der Waals surface area contributed by atoms with Crippen LogP contribution in [0.25, 0.3) is 0 Å². The van der Waals surface area contributed by atoms with Gasteiger partial charge in [-0.15, -0.1) is 0 Å². The Morgan fingerprint density at radius 2 is 0.590 bits per heavy atom. The van der Waals surface area contributed by atoms with Gasteiger partial charge in [-0.2, -0.15) is 0 Å². The fourth-order valence-electron chi connectivity index (χ4n) is 7.59. The largest absolute Gasteiger partial charge is 0.462 e. The van der Waals surface area contributed by atoms with Gasteiger partial charge in [-0.1, -0.05) is 218 Å². The van der Waals surface area contributed by atoms with E-state index >= 15 is 0 Å². The third-order valence-corrected chi connectivity index (χ3v) is 11.6. The summed E-state index contributed by atoms with van der Waals surface area (Å²) < 4.78 is 16.8. The minimum Gasteiger partial charge on any atom is -0.462 e. The van der Waals surface area contributed by atoms with E-state index in [0.29, 0.717) is 19.3 Å². The minimum atomic E-state index is -0.773. The van der Waals surface area contributed by atoms with Crippen molar-refractivity contribution in [3.63, 3.8) is 0 Å². The summed E-state index contributed by atoms with van der Waals surface area (Å²) in [5, 5.41) is 0. The number of carbonyl (C=O) groups excluding carboxylic acids is 3. The predicted octanol–water partition coefficient (Wildman–Crippen LogP) is 17.3. The van der Waals surface area contributed by atoms with Crippen LogP contribution < -0.4 is 0 Å². The Kier molecular flexibility index (Phi) is 48.3. The molecule has 0 aromatic heterocycles. The summed E-state index contributed by atoms with van der Waals surface area (Å²) in [6.07, 6.45) is 58.4. The maximum Gasteiger partial charge on any atom is 0.306 e. The molecular formula is C55H100O6. The smallest absolute Gasteiger partial charge is 0.306 e. The van der Waals surface area contributed by atoms with Gasteiger partial charge in [-0.25, -0.2) is 0 Å². The molecule has 0 aliphatic rings. The standard InChI is InChI=1S/C55H100O6/c1-4-7-10-13-16-19-22-25-26-27-28-29-30-31-34-36-39-42-45-48-54(57)60-51-52(61-55(58)49-46-43-40-37-33-24-21-18-15-12-9-6-3)50-59-53(56)47-44-41-38-35-32-23-20-17-14-11-8-5-2/h16,18-19,21,25-26,52H,4-15,17,20,22-24,27-51H2,1-3H3/b19-16-,21-18-,26-25-. The van der Waals surface area contributed by atoms with Crippen molar-refractivity contribution in [2.45, 2.75) is 284 Å². The maximum absolute atomic E-state index is 12.8. The van der Waals surface area contributed by atoms with E-state index in [-0.39, 0.29) is 31.1 Å². The SMILES string of the molecule is CCCCC/C=C\C/C=C\CCCCCCCCCCCC(=O)OCC(COC(=O)CCCCCCCCCCCCCC)OC(=O)CCCCCCC/C=C\CCCCC. The molecule has 0 fully saturated rings. The molecule has 0 saturated heterocycles. The number of carbonyl (C=O) groups is 3. The van der Waals surface area contributed by atoms with Crippen molar-refractivity contribution in [2.24, 2.45) is 0 Å². The molecule has 0 rings (SSSR count). The van der Waals surface area contributed by atoms with Crippen LogP contribution in [0.2, 0.25) is 0 Å². The monoisotopic (exact) mass is 857 g/mol. The summed E-state index contributed by atoms with van der Waals surface area (Å²) >= 11 is 0. The zero-order chi connectivity index (χ0) is 44.4. The Labute approximate surface area is 378 Å². The lowest BCUT2D eigenvalue weighted by molar-refractivity contribution is -0.167. The van der Waals surface area contributed by atoms with Crippen molar-refractivity contribution in [3.8, 4) is 0 Å². The molecule has 6 heteroatoms. The Balaban J connectivity index is 4.31.